The predicted molar refractivity (Wildman–Crippen MR) is 95.7 cm³/mol. The fourth-order valence-corrected chi connectivity index (χ4v) is 3.52. The van der Waals surface area contributed by atoms with Crippen molar-refractivity contribution in [3.05, 3.63) is 33.3 Å². The van der Waals surface area contributed by atoms with Gasteiger partial charge in [0.1, 0.15) is 0 Å². The van der Waals surface area contributed by atoms with Crippen molar-refractivity contribution in [3.63, 3.8) is 0 Å². The fraction of sp³-hybridized carbons (Fsp3) is 0.571. The smallest absolute Gasteiger partial charge is 0.0417 e. The molecule has 116 valence electrons. The van der Waals surface area contributed by atoms with Gasteiger partial charge in [0.05, 0.1) is 0 Å². The highest BCUT2D eigenvalue weighted by Crippen LogP contribution is 2.33. The Labute approximate surface area is 147 Å². The minimum Gasteiger partial charge on any atom is -0.314 e. The third-order valence-electron chi connectivity index (χ3n) is 3.48. The van der Waals surface area contributed by atoms with Gasteiger partial charge >= 0.3 is 0 Å². The third kappa shape index (κ3) is 5.36. The van der Waals surface area contributed by atoms with Gasteiger partial charge in [-0.2, -0.15) is 0 Å². The predicted octanol–water partition coefficient (Wildman–Crippen LogP) is 4.69. The van der Waals surface area contributed by atoms with Crippen LogP contribution < -0.4 is 5.32 Å². The quantitative estimate of drug-likeness (QED) is 0.783. The average molecular weight is 405 g/mol. The summed E-state index contributed by atoms with van der Waals surface area (Å²) in [6, 6.07) is 6.66. The normalized spacial score (nSPS) is 16.9. The van der Waals surface area contributed by atoms with Crippen molar-refractivity contribution < 1.29 is 0 Å². The molecule has 1 fully saturated rings. The molecule has 1 atom stereocenters. The molecule has 1 aromatic rings. The molecule has 1 saturated heterocycles. The molecule has 1 aromatic carbocycles. The zero-order valence-corrected chi connectivity index (χ0v) is 15.5. The summed E-state index contributed by atoms with van der Waals surface area (Å²) in [5, 5.41) is 4.21. The van der Waals surface area contributed by atoms with Crippen LogP contribution in [0, 0.1) is 0 Å². The Morgan fingerprint density at radius 3 is 2.50 bits per heavy atom. The second kappa shape index (κ2) is 10.3. The van der Waals surface area contributed by atoms with Crippen LogP contribution in [0.5, 0.6) is 0 Å². The molecule has 0 amide bonds. The molecular formula is C14H22BrCl3N2. The van der Waals surface area contributed by atoms with E-state index in [1.54, 1.807) is 0 Å². The molecule has 0 radical (unpaired) electrons. The lowest BCUT2D eigenvalue weighted by Gasteiger charge is -2.35. The Morgan fingerprint density at radius 1 is 1.30 bits per heavy atom. The van der Waals surface area contributed by atoms with E-state index < -0.39 is 0 Å². The number of nitrogens with zero attached hydrogens (tertiary/aromatic N) is 1. The van der Waals surface area contributed by atoms with E-state index >= 15 is 0 Å². The first kappa shape index (κ1) is 20.5. The summed E-state index contributed by atoms with van der Waals surface area (Å²) in [6.45, 7) is 6.68. The summed E-state index contributed by atoms with van der Waals surface area (Å²) in [7, 11) is 0. The average Bonchev–Trinajstić information content (AvgIpc) is 2.38. The van der Waals surface area contributed by atoms with E-state index in [2.05, 4.69) is 39.1 Å². The molecular weight excluding hydrogens is 382 g/mol. The lowest BCUT2D eigenvalue weighted by Crippen LogP contribution is -2.45. The molecule has 1 N–H and O–H groups in total. The molecule has 0 unspecified atom stereocenters. The van der Waals surface area contributed by atoms with Crippen molar-refractivity contribution in [1.82, 2.24) is 10.2 Å². The summed E-state index contributed by atoms with van der Waals surface area (Å²) in [4.78, 5) is 2.58. The molecule has 0 saturated carbocycles. The Bertz CT molecular complexity index is 398. The van der Waals surface area contributed by atoms with Crippen molar-refractivity contribution in [2.45, 2.75) is 25.8 Å². The third-order valence-corrected chi connectivity index (χ3v) is 4.40. The highest BCUT2D eigenvalue weighted by Gasteiger charge is 2.22. The van der Waals surface area contributed by atoms with E-state index in [4.69, 9.17) is 11.6 Å². The van der Waals surface area contributed by atoms with Gasteiger partial charge in [-0.3, -0.25) is 4.90 Å². The number of hydrogen-bond acceptors (Lipinski definition) is 2. The monoisotopic (exact) mass is 402 g/mol. The van der Waals surface area contributed by atoms with Crippen molar-refractivity contribution in [2.24, 2.45) is 0 Å². The molecule has 0 aromatic heterocycles. The molecule has 2 nitrogen and oxygen atoms in total. The minimum atomic E-state index is 0. The zero-order valence-electron chi connectivity index (χ0n) is 11.6. The molecule has 20 heavy (non-hydrogen) atoms. The molecule has 1 aliphatic rings. The minimum absolute atomic E-state index is 0. The van der Waals surface area contributed by atoms with E-state index in [-0.39, 0.29) is 24.8 Å². The first-order valence-corrected chi connectivity index (χ1v) is 7.79. The van der Waals surface area contributed by atoms with Crippen molar-refractivity contribution in [3.8, 4) is 0 Å². The Morgan fingerprint density at radius 2 is 1.95 bits per heavy atom. The van der Waals surface area contributed by atoms with Gasteiger partial charge in [0.2, 0.25) is 0 Å². The van der Waals surface area contributed by atoms with E-state index in [1.807, 2.05) is 12.1 Å². The van der Waals surface area contributed by atoms with Gasteiger partial charge in [-0.05, 0) is 24.1 Å². The van der Waals surface area contributed by atoms with Crippen LogP contribution in [0.25, 0.3) is 0 Å². The van der Waals surface area contributed by atoms with Crippen molar-refractivity contribution in [2.75, 3.05) is 26.2 Å². The molecule has 0 aliphatic carbocycles. The van der Waals surface area contributed by atoms with E-state index in [1.165, 1.54) is 18.4 Å². The second-order valence-corrected chi connectivity index (χ2v) is 6.05. The molecule has 2 rings (SSSR count). The van der Waals surface area contributed by atoms with Gasteiger partial charge < -0.3 is 5.32 Å². The zero-order chi connectivity index (χ0) is 13.0. The number of halogens is 4. The van der Waals surface area contributed by atoms with Gasteiger partial charge in [0.15, 0.2) is 0 Å². The summed E-state index contributed by atoms with van der Waals surface area (Å²) < 4.78 is 1.13. The lowest BCUT2D eigenvalue weighted by atomic mass is 10.00. The summed E-state index contributed by atoms with van der Waals surface area (Å²) in [5.74, 6) is 0. The largest absolute Gasteiger partial charge is 0.314 e. The molecule has 1 heterocycles. The van der Waals surface area contributed by atoms with E-state index in [0.717, 1.165) is 35.7 Å². The van der Waals surface area contributed by atoms with Gasteiger partial charge in [-0.25, -0.2) is 0 Å². The second-order valence-electron chi connectivity index (χ2n) is 4.76. The van der Waals surface area contributed by atoms with Crippen LogP contribution in [-0.2, 0) is 0 Å². The summed E-state index contributed by atoms with van der Waals surface area (Å²) in [6.07, 6.45) is 2.39. The van der Waals surface area contributed by atoms with Crippen molar-refractivity contribution >= 4 is 52.3 Å². The van der Waals surface area contributed by atoms with Crippen LogP contribution in [-0.4, -0.2) is 31.1 Å². The topological polar surface area (TPSA) is 15.3 Å². The Balaban J connectivity index is 0.00000180. The standard InChI is InChI=1S/C14H20BrClN2.2ClH/c1-2-3-14(18-8-6-17-7-9-18)12-5-4-11(16)10-13(12)15;;/h4-5,10,14,17H,2-3,6-9H2,1H3;2*1H/t14-;;/m0../s1. The first-order valence-electron chi connectivity index (χ1n) is 6.62. The van der Waals surface area contributed by atoms with Crippen LogP contribution in [0.2, 0.25) is 5.02 Å². The van der Waals surface area contributed by atoms with E-state index in [0.29, 0.717) is 6.04 Å². The molecule has 0 spiro atoms. The summed E-state index contributed by atoms with van der Waals surface area (Å²) in [5.41, 5.74) is 1.36. The van der Waals surface area contributed by atoms with Gasteiger partial charge in [-0.1, -0.05) is 46.9 Å². The lowest BCUT2D eigenvalue weighted by molar-refractivity contribution is 0.164. The van der Waals surface area contributed by atoms with Gasteiger partial charge in [-0.15, -0.1) is 24.8 Å². The van der Waals surface area contributed by atoms with Crippen molar-refractivity contribution in [1.29, 1.82) is 0 Å². The molecule has 0 bridgehead atoms. The molecule has 6 heteroatoms. The maximum absolute atomic E-state index is 6.03. The maximum atomic E-state index is 6.03. The maximum Gasteiger partial charge on any atom is 0.0417 e. The van der Waals surface area contributed by atoms with Crippen LogP contribution in [0.15, 0.2) is 22.7 Å². The number of nitrogens with one attached hydrogen (secondary N) is 1. The van der Waals surface area contributed by atoms with Crippen LogP contribution in [0.1, 0.15) is 31.4 Å². The number of hydrogen-bond donors (Lipinski definition) is 1. The molecule has 1 aliphatic heterocycles. The fourth-order valence-electron chi connectivity index (χ4n) is 2.57. The van der Waals surface area contributed by atoms with Crippen LogP contribution >= 0.6 is 52.3 Å². The highest BCUT2D eigenvalue weighted by atomic mass is 79.9. The first-order chi connectivity index (χ1) is 8.72. The SMILES string of the molecule is CCC[C@@H](c1ccc(Cl)cc1Br)N1CCNCC1.Cl.Cl. The highest BCUT2D eigenvalue weighted by molar-refractivity contribution is 9.10. The van der Waals surface area contributed by atoms with Crippen LogP contribution in [0.3, 0.4) is 0 Å². The van der Waals surface area contributed by atoms with Crippen LogP contribution in [0.4, 0.5) is 0 Å². The number of piperazine rings is 1. The van der Waals surface area contributed by atoms with Gasteiger partial charge in [0.25, 0.3) is 0 Å². The van der Waals surface area contributed by atoms with Gasteiger partial charge in [0, 0.05) is 41.7 Å². The van der Waals surface area contributed by atoms with E-state index in [9.17, 15) is 0 Å². The Hall–Kier alpha value is 0.490. The number of rotatable bonds is 4. The number of benzene rings is 1. The summed E-state index contributed by atoms with van der Waals surface area (Å²) >= 11 is 9.69. The Kier molecular flexibility index (Phi) is 10.5.